The summed E-state index contributed by atoms with van der Waals surface area (Å²) in [6.07, 6.45) is 1.82. The van der Waals surface area contributed by atoms with Gasteiger partial charge in [-0.15, -0.1) is 23.1 Å². The Bertz CT molecular complexity index is 1070. The van der Waals surface area contributed by atoms with E-state index in [2.05, 4.69) is 20.8 Å². The predicted molar refractivity (Wildman–Crippen MR) is 114 cm³/mol. The van der Waals surface area contributed by atoms with Gasteiger partial charge in [0.1, 0.15) is 0 Å². The molecule has 2 heterocycles. The minimum Gasteiger partial charge on any atom is -0.305 e. The molecule has 0 bridgehead atoms. The van der Waals surface area contributed by atoms with E-state index in [9.17, 15) is 4.79 Å². The number of thiazole rings is 1. The Hall–Kier alpha value is -2.90. The summed E-state index contributed by atoms with van der Waals surface area (Å²) >= 11 is 3.37. The summed E-state index contributed by atoms with van der Waals surface area (Å²) in [4.78, 5) is 18.1. The number of thioether (sulfide) groups is 1. The molecule has 0 fully saturated rings. The van der Waals surface area contributed by atoms with Crippen LogP contribution < -0.4 is 5.32 Å². The van der Waals surface area contributed by atoms with Crippen LogP contribution in [0, 0.1) is 6.92 Å². The summed E-state index contributed by atoms with van der Waals surface area (Å²) < 4.78 is 1.73. The molecule has 0 aliphatic heterocycles. The zero-order valence-corrected chi connectivity index (χ0v) is 16.8. The third-order valence-electron chi connectivity index (χ3n) is 4.02. The summed E-state index contributed by atoms with van der Waals surface area (Å²) in [5.74, 6) is 1.17. The molecule has 0 aliphatic carbocycles. The maximum absolute atomic E-state index is 12.5. The fourth-order valence-corrected chi connectivity index (χ4v) is 4.15. The highest BCUT2D eigenvalue weighted by Gasteiger charge is 2.09. The van der Waals surface area contributed by atoms with Gasteiger partial charge in [-0.05, 0) is 43.3 Å². The number of anilines is 1. The molecule has 2 aromatic carbocycles. The summed E-state index contributed by atoms with van der Waals surface area (Å²) in [6.45, 7) is 2.01. The second-order valence-corrected chi connectivity index (χ2v) is 8.22. The average molecular weight is 407 g/mol. The smallest absolute Gasteiger partial charge is 0.256 e. The predicted octanol–water partition coefficient (Wildman–Crippen LogP) is 5.18. The van der Waals surface area contributed by atoms with Gasteiger partial charge in [0.2, 0.25) is 0 Å². The normalized spacial score (nSPS) is 10.8. The number of rotatable bonds is 6. The lowest BCUT2D eigenvalue weighted by molar-refractivity contribution is 0.102. The molecular formula is C21H18N4OS2. The number of aryl methyl sites for hydroxylation is 1. The number of para-hydroxylation sites is 1. The van der Waals surface area contributed by atoms with E-state index in [1.165, 1.54) is 0 Å². The van der Waals surface area contributed by atoms with Crippen molar-refractivity contribution in [3.63, 3.8) is 0 Å². The maximum Gasteiger partial charge on any atom is 0.256 e. The van der Waals surface area contributed by atoms with Gasteiger partial charge >= 0.3 is 0 Å². The first-order chi connectivity index (χ1) is 13.7. The molecule has 140 valence electrons. The highest BCUT2D eigenvalue weighted by molar-refractivity contribution is 7.98. The van der Waals surface area contributed by atoms with Gasteiger partial charge in [0, 0.05) is 33.9 Å². The van der Waals surface area contributed by atoms with Crippen LogP contribution in [0.4, 0.5) is 5.82 Å². The van der Waals surface area contributed by atoms with Crippen LogP contribution in [-0.4, -0.2) is 20.7 Å². The minimum absolute atomic E-state index is 0.176. The minimum atomic E-state index is -0.176. The van der Waals surface area contributed by atoms with Gasteiger partial charge < -0.3 is 5.32 Å². The Morgan fingerprint density at radius 3 is 2.61 bits per heavy atom. The number of carbonyl (C=O) groups excluding carboxylic acids is 1. The van der Waals surface area contributed by atoms with Gasteiger partial charge in [-0.1, -0.05) is 18.2 Å². The van der Waals surface area contributed by atoms with Gasteiger partial charge in [-0.25, -0.2) is 9.67 Å². The van der Waals surface area contributed by atoms with E-state index in [1.807, 2.05) is 67.7 Å². The first-order valence-corrected chi connectivity index (χ1v) is 10.6. The largest absolute Gasteiger partial charge is 0.305 e. The molecule has 0 saturated heterocycles. The number of nitrogens with one attached hydrogen (secondary N) is 1. The molecule has 0 saturated carbocycles. The lowest BCUT2D eigenvalue weighted by atomic mass is 10.2. The van der Waals surface area contributed by atoms with E-state index in [4.69, 9.17) is 0 Å². The molecule has 1 N–H and O–H groups in total. The van der Waals surface area contributed by atoms with E-state index in [0.29, 0.717) is 11.4 Å². The fourth-order valence-electron chi connectivity index (χ4n) is 2.64. The van der Waals surface area contributed by atoms with Crippen LogP contribution in [0.25, 0.3) is 5.69 Å². The van der Waals surface area contributed by atoms with E-state index in [1.54, 1.807) is 33.8 Å². The highest BCUT2D eigenvalue weighted by Crippen LogP contribution is 2.24. The van der Waals surface area contributed by atoms with Crippen molar-refractivity contribution in [3.05, 3.63) is 88.5 Å². The number of amides is 1. The molecule has 0 radical (unpaired) electrons. The molecule has 0 aliphatic rings. The molecule has 5 nitrogen and oxygen atoms in total. The Morgan fingerprint density at radius 2 is 1.89 bits per heavy atom. The topological polar surface area (TPSA) is 59.8 Å². The van der Waals surface area contributed by atoms with Crippen molar-refractivity contribution in [2.75, 3.05) is 5.32 Å². The van der Waals surface area contributed by atoms with Gasteiger partial charge in [-0.2, -0.15) is 5.10 Å². The van der Waals surface area contributed by atoms with Gasteiger partial charge in [0.05, 0.1) is 16.4 Å². The maximum atomic E-state index is 12.5. The van der Waals surface area contributed by atoms with Crippen LogP contribution >= 0.6 is 23.1 Å². The fraction of sp³-hybridized carbons (Fsp3) is 0.0952. The Morgan fingerprint density at radius 1 is 1.11 bits per heavy atom. The zero-order valence-electron chi connectivity index (χ0n) is 15.2. The molecule has 7 heteroatoms. The lowest BCUT2D eigenvalue weighted by Crippen LogP contribution is -2.12. The molecule has 0 spiro atoms. The summed E-state index contributed by atoms with van der Waals surface area (Å²) in [5, 5.41) is 10.4. The van der Waals surface area contributed by atoms with Crippen molar-refractivity contribution in [2.45, 2.75) is 17.6 Å². The highest BCUT2D eigenvalue weighted by atomic mass is 32.2. The zero-order chi connectivity index (χ0) is 19.3. The van der Waals surface area contributed by atoms with Gasteiger partial charge in [-0.3, -0.25) is 4.79 Å². The summed E-state index contributed by atoms with van der Waals surface area (Å²) in [6, 6.07) is 19.1. The third-order valence-corrected chi connectivity index (χ3v) is 5.89. The lowest BCUT2D eigenvalue weighted by Gasteiger charge is -2.04. The molecule has 28 heavy (non-hydrogen) atoms. The van der Waals surface area contributed by atoms with Crippen molar-refractivity contribution in [1.29, 1.82) is 0 Å². The van der Waals surface area contributed by atoms with Crippen LogP contribution in [0.1, 0.15) is 21.1 Å². The first kappa shape index (κ1) is 18.5. The van der Waals surface area contributed by atoms with Crippen LogP contribution in [0.2, 0.25) is 0 Å². The van der Waals surface area contributed by atoms with E-state index in [-0.39, 0.29) is 5.91 Å². The van der Waals surface area contributed by atoms with E-state index in [0.717, 1.165) is 27.0 Å². The molecule has 4 rings (SSSR count). The first-order valence-electron chi connectivity index (χ1n) is 8.74. The summed E-state index contributed by atoms with van der Waals surface area (Å²) in [5.41, 5.74) is 2.63. The number of hydrogen-bond donors (Lipinski definition) is 1. The van der Waals surface area contributed by atoms with Gasteiger partial charge in [0.25, 0.3) is 5.91 Å². The Balaban J connectivity index is 1.36. The van der Waals surface area contributed by atoms with E-state index < -0.39 is 0 Å². The van der Waals surface area contributed by atoms with Crippen LogP contribution in [0.3, 0.4) is 0 Å². The standard InChI is InChI=1S/C21H18N4OS2/c1-15-22-17(13-27-15)14-28-19-9-7-16(8-10-19)21(26)23-20-11-12-25(24-20)18-5-3-2-4-6-18/h2-13H,14H2,1H3,(H,23,24,26). The number of hydrogen-bond acceptors (Lipinski definition) is 5. The molecular weight excluding hydrogens is 388 g/mol. The number of aromatic nitrogens is 3. The summed E-state index contributed by atoms with van der Waals surface area (Å²) in [7, 11) is 0. The van der Waals surface area contributed by atoms with Crippen molar-refractivity contribution in [2.24, 2.45) is 0 Å². The van der Waals surface area contributed by atoms with Crippen LogP contribution in [0.5, 0.6) is 0 Å². The molecule has 2 aromatic heterocycles. The Labute approximate surface area is 171 Å². The van der Waals surface area contributed by atoms with Gasteiger partial charge in [0.15, 0.2) is 5.82 Å². The SMILES string of the molecule is Cc1nc(CSc2ccc(C(=O)Nc3ccn(-c4ccccc4)n3)cc2)cs1. The van der Waals surface area contributed by atoms with Crippen molar-refractivity contribution in [1.82, 2.24) is 14.8 Å². The second-order valence-electron chi connectivity index (χ2n) is 6.11. The van der Waals surface area contributed by atoms with Crippen molar-refractivity contribution >= 4 is 34.8 Å². The van der Waals surface area contributed by atoms with E-state index >= 15 is 0 Å². The van der Waals surface area contributed by atoms with Crippen molar-refractivity contribution < 1.29 is 4.79 Å². The number of nitrogens with zero attached hydrogens (tertiary/aromatic N) is 3. The average Bonchev–Trinajstić information content (AvgIpc) is 3.36. The quantitative estimate of drug-likeness (QED) is 0.448. The van der Waals surface area contributed by atoms with Crippen molar-refractivity contribution in [3.8, 4) is 5.69 Å². The Kier molecular flexibility index (Phi) is 5.55. The third kappa shape index (κ3) is 4.49. The van der Waals surface area contributed by atoms with Crippen LogP contribution in [0.15, 0.2) is 77.1 Å². The molecule has 0 unspecified atom stereocenters. The van der Waals surface area contributed by atoms with Crippen LogP contribution in [-0.2, 0) is 5.75 Å². The monoisotopic (exact) mass is 406 g/mol. The molecule has 4 aromatic rings. The molecule has 0 atom stereocenters. The molecule has 1 amide bonds. The second kappa shape index (κ2) is 8.41. The number of carbonyl (C=O) groups is 1. The number of benzene rings is 2.